The number of esters is 1. The average molecular weight is 327 g/mol. The first-order valence-corrected chi connectivity index (χ1v) is 8.65. The second kappa shape index (κ2) is 6.57. The largest absolute Gasteiger partial charge is 0.465 e. The van der Waals surface area contributed by atoms with Crippen LogP contribution >= 0.6 is 23.5 Å². The van der Waals surface area contributed by atoms with Crippen molar-refractivity contribution in [2.45, 2.75) is 31.0 Å². The molecule has 0 bridgehead atoms. The maximum absolute atomic E-state index is 12.2. The van der Waals surface area contributed by atoms with Crippen molar-refractivity contribution in [3.63, 3.8) is 0 Å². The highest BCUT2D eigenvalue weighted by atomic mass is 32.2. The van der Waals surface area contributed by atoms with Crippen LogP contribution in [-0.2, 0) is 9.53 Å². The number of carbonyl (C=O) groups excluding carboxylic acids is 1. The van der Waals surface area contributed by atoms with Crippen LogP contribution < -0.4 is 5.69 Å². The van der Waals surface area contributed by atoms with E-state index in [0.29, 0.717) is 17.4 Å². The first-order valence-electron chi connectivity index (χ1n) is 6.43. The van der Waals surface area contributed by atoms with Gasteiger partial charge in [0.15, 0.2) is 5.16 Å². The van der Waals surface area contributed by atoms with Gasteiger partial charge in [0.05, 0.1) is 17.4 Å². The zero-order valence-electron chi connectivity index (χ0n) is 12.3. The maximum Gasteiger partial charge on any atom is 0.334 e. The Balaban J connectivity index is 2.47. The van der Waals surface area contributed by atoms with Gasteiger partial charge in [-0.15, -0.1) is 0 Å². The average Bonchev–Trinajstić information content (AvgIpc) is 2.70. The lowest BCUT2D eigenvalue weighted by atomic mass is 10.2. The summed E-state index contributed by atoms with van der Waals surface area (Å²) in [5.74, 6) is -0.121. The minimum absolute atomic E-state index is 0.171. The van der Waals surface area contributed by atoms with E-state index in [1.165, 1.54) is 27.9 Å². The van der Waals surface area contributed by atoms with E-state index in [4.69, 9.17) is 4.74 Å². The molecule has 6 nitrogen and oxygen atoms in total. The molecule has 2 rings (SSSR count). The predicted molar refractivity (Wildman–Crippen MR) is 84.4 cm³/mol. The number of hydrogen-bond acceptors (Lipinski definition) is 6. The molecule has 2 aromatic rings. The highest BCUT2D eigenvalue weighted by molar-refractivity contribution is 8.00. The summed E-state index contributed by atoms with van der Waals surface area (Å²) in [4.78, 5) is 30.9. The molecule has 21 heavy (non-hydrogen) atoms. The van der Waals surface area contributed by atoms with Gasteiger partial charge in [-0.3, -0.25) is 9.78 Å². The molecule has 0 amide bonds. The van der Waals surface area contributed by atoms with Crippen molar-refractivity contribution in [2.75, 3.05) is 18.6 Å². The first kappa shape index (κ1) is 16.0. The molecule has 1 N–H and O–H groups in total. The van der Waals surface area contributed by atoms with Crippen LogP contribution in [0.15, 0.2) is 15.0 Å². The van der Waals surface area contributed by atoms with Crippen molar-refractivity contribution < 1.29 is 9.53 Å². The summed E-state index contributed by atoms with van der Waals surface area (Å²) in [5, 5.41) is 1.31. The fourth-order valence-corrected chi connectivity index (χ4v) is 3.33. The van der Waals surface area contributed by atoms with E-state index in [9.17, 15) is 9.59 Å². The highest BCUT2D eigenvalue weighted by Gasteiger charge is 2.18. The molecule has 0 fully saturated rings. The minimum Gasteiger partial charge on any atom is -0.465 e. The van der Waals surface area contributed by atoms with Crippen LogP contribution in [0, 0.1) is 13.8 Å². The number of thioether (sulfide) groups is 2. The Morgan fingerprint density at radius 3 is 2.71 bits per heavy atom. The molecule has 2 heterocycles. The summed E-state index contributed by atoms with van der Waals surface area (Å²) in [6.45, 7) is 5.97. The molecule has 0 unspecified atom stereocenters. The monoisotopic (exact) mass is 327 g/mol. The molecule has 0 saturated carbocycles. The second-order valence-corrected chi connectivity index (χ2v) is 6.12. The number of ether oxygens (including phenoxy) is 1. The number of H-pyrrole nitrogens is 1. The van der Waals surface area contributed by atoms with Gasteiger partial charge in [-0.1, -0.05) is 23.5 Å². The third-order valence-corrected chi connectivity index (χ3v) is 4.81. The smallest absolute Gasteiger partial charge is 0.334 e. The molecular weight excluding hydrogens is 310 g/mol. The van der Waals surface area contributed by atoms with E-state index in [-0.39, 0.29) is 17.4 Å². The van der Waals surface area contributed by atoms with E-state index in [2.05, 4.69) is 9.97 Å². The van der Waals surface area contributed by atoms with E-state index >= 15 is 0 Å². The molecule has 0 atom stereocenters. The molecule has 8 heteroatoms. The van der Waals surface area contributed by atoms with Crippen molar-refractivity contribution in [2.24, 2.45) is 0 Å². The number of aromatic amines is 1. The zero-order valence-corrected chi connectivity index (χ0v) is 14.0. The highest BCUT2D eigenvalue weighted by Crippen LogP contribution is 2.28. The topological polar surface area (TPSA) is 76.5 Å². The summed E-state index contributed by atoms with van der Waals surface area (Å²) in [5.41, 5.74) is 2.29. The Bertz CT molecular complexity index is 736. The van der Waals surface area contributed by atoms with Gasteiger partial charge in [0.2, 0.25) is 0 Å². The number of carbonyl (C=O) groups is 1. The Morgan fingerprint density at radius 2 is 2.10 bits per heavy atom. The van der Waals surface area contributed by atoms with Gasteiger partial charge in [0, 0.05) is 0 Å². The van der Waals surface area contributed by atoms with Crippen LogP contribution in [0.1, 0.15) is 18.1 Å². The zero-order chi connectivity index (χ0) is 15.6. The van der Waals surface area contributed by atoms with Gasteiger partial charge in [0.1, 0.15) is 5.65 Å². The van der Waals surface area contributed by atoms with Gasteiger partial charge >= 0.3 is 11.7 Å². The van der Waals surface area contributed by atoms with Crippen molar-refractivity contribution in [3.8, 4) is 0 Å². The van der Waals surface area contributed by atoms with Crippen LogP contribution in [0.3, 0.4) is 0 Å². The fourth-order valence-electron chi connectivity index (χ4n) is 1.95. The summed E-state index contributed by atoms with van der Waals surface area (Å²) >= 11 is 2.68. The Hall–Kier alpha value is -1.41. The molecule has 0 radical (unpaired) electrons. The number of rotatable bonds is 5. The number of nitrogens with zero attached hydrogens (tertiary/aromatic N) is 2. The van der Waals surface area contributed by atoms with Gasteiger partial charge in [-0.05, 0) is 38.2 Å². The third kappa shape index (κ3) is 3.11. The molecule has 0 saturated heterocycles. The van der Waals surface area contributed by atoms with Crippen LogP contribution in [0.4, 0.5) is 0 Å². The second-order valence-electron chi connectivity index (χ2n) is 4.36. The van der Waals surface area contributed by atoms with Crippen molar-refractivity contribution >= 4 is 35.1 Å². The molecule has 0 spiro atoms. The molecule has 0 aliphatic carbocycles. The quantitative estimate of drug-likeness (QED) is 0.669. The molecule has 114 valence electrons. The molecule has 2 aromatic heterocycles. The summed E-state index contributed by atoms with van der Waals surface area (Å²) < 4.78 is 6.44. The van der Waals surface area contributed by atoms with Gasteiger partial charge in [-0.2, -0.15) is 0 Å². The van der Waals surface area contributed by atoms with Crippen LogP contribution in [-0.4, -0.2) is 39.0 Å². The Morgan fingerprint density at radius 1 is 1.38 bits per heavy atom. The number of hydrogen-bond donors (Lipinski definition) is 1. The molecule has 0 aliphatic heterocycles. The Labute approximate surface area is 130 Å². The Kier molecular flexibility index (Phi) is 5.00. The molecule has 0 aromatic carbocycles. The number of aryl methyl sites for hydroxylation is 1. The van der Waals surface area contributed by atoms with Crippen LogP contribution in [0.2, 0.25) is 0 Å². The van der Waals surface area contributed by atoms with Crippen molar-refractivity contribution in [1.29, 1.82) is 0 Å². The normalized spacial score (nSPS) is 11.0. The number of nitrogens with one attached hydrogen (secondary N) is 1. The SMILES string of the molecule is CCOC(=O)CSc1c(C)c(C)c2nc(SC)[nH]c(=O)n12. The summed E-state index contributed by atoms with van der Waals surface area (Å²) in [7, 11) is 0. The molecular formula is C13H17N3O3S2. The van der Waals surface area contributed by atoms with E-state index in [1.807, 2.05) is 20.1 Å². The summed E-state index contributed by atoms with van der Waals surface area (Å²) in [6.07, 6.45) is 1.86. The van der Waals surface area contributed by atoms with Crippen LogP contribution in [0.25, 0.3) is 5.65 Å². The van der Waals surface area contributed by atoms with Gasteiger partial charge in [-0.25, -0.2) is 14.2 Å². The molecule has 0 aliphatic rings. The van der Waals surface area contributed by atoms with E-state index in [0.717, 1.165) is 16.2 Å². The van der Waals surface area contributed by atoms with Gasteiger partial charge in [0.25, 0.3) is 0 Å². The lowest BCUT2D eigenvalue weighted by Gasteiger charge is -2.04. The maximum atomic E-state index is 12.2. The minimum atomic E-state index is -0.292. The van der Waals surface area contributed by atoms with E-state index < -0.39 is 0 Å². The lowest BCUT2D eigenvalue weighted by Crippen LogP contribution is -2.19. The van der Waals surface area contributed by atoms with Gasteiger partial charge < -0.3 is 4.74 Å². The van der Waals surface area contributed by atoms with E-state index in [1.54, 1.807) is 6.92 Å². The fraction of sp³-hybridized carbons (Fsp3) is 0.462. The number of fused-ring (bicyclic) bond motifs is 1. The predicted octanol–water partition coefficient (Wildman–Crippen LogP) is 2.02. The third-order valence-electron chi connectivity index (χ3n) is 3.08. The number of aromatic nitrogens is 3. The van der Waals surface area contributed by atoms with Crippen LogP contribution in [0.5, 0.6) is 0 Å². The summed E-state index contributed by atoms with van der Waals surface area (Å²) in [6, 6.07) is 0. The van der Waals surface area contributed by atoms with Crippen molar-refractivity contribution in [1.82, 2.24) is 14.4 Å². The standard InChI is InChI=1S/C13H17N3O3S2/c1-5-19-9(17)6-21-11-8(3)7(2)10-14-12(20-4)15-13(18)16(10)11/h5-6H2,1-4H3,(H,14,15,18). The lowest BCUT2D eigenvalue weighted by molar-refractivity contribution is -0.139. The first-order chi connectivity index (χ1) is 9.99. The van der Waals surface area contributed by atoms with Crippen molar-refractivity contribution in [3.05, 3.63) is 21.6 Å².